The monoisotopic (exact) mass is 619 g/mol. The predicted molar refractivity (Wildman–Crippen MR) is 167 cm³/mol. The Morgan fingerprint density at radius 2 is 1.64 bits per heavy atom. The van der Waals surface area contributed by atoms with Gasteiger partial charge in [-0.1, -0.05) is 54.6 Å². The molecule has 1 saturated heterocycles. The van der Waals surface area contributed by atoms with Gasteiger partial charge in [-0.15, -0.1) is 11.8 Å². The molecule has 4 rings (SSSR count). The van der Waals surface area contributed by atoms with Crippen LogP contribution in [0.4, 0.5) is 0 Å². The van der Waals surface area contributed by atoms with Gasteiger partial charge in [-0.25, -0.2) is 4.79 Å². The van der Waals surface area contributed by atoms with Gasteiger partial charge in [0.05, 0.1) is 17.5 Å². The van der Waals surface area contributed by atoms with Crippen molar-refractivity contribution in [1.82, 2.24) is 15.5 Å². The van der Waals surface area contributed by atoms with E-state index in [2.05, 4.69) is 10.6 Å². The van der Waals surface area contributed by atoms with Crippen molar-refractivity contribution < 1.29 is 34.1 Å². The highest BCUT2D eigenvalue weighted by Gasteiger charge is 2.40. The number of amides is 3. The fourth-order valence-electron chi connectivity index (χ4n) is 5.12. The van der Waals surface area contributed by atoms with Crippen molar-refractivity contribution in [2.45, 2.75) is 51.9 Å². The van der Waals surface area contributed by atoms with Crippen molar-refractivity contribution in [2.75, 3.05) is 18.2 Å². The van der Waals surface area contributed by atoms with Gasteiger partial charge >= 0.3 is 5.97 Å². The summed E-state index contributed by atoms with van der Waals surface area (Å²) in [6.07, 6.45) is -1.46. The Bertz CT molecular complexity index is 1490. The molecule has 1 aliphatic heterocycles. The molecule has 4 N–H and O–H groups in total. The molecule has 0 unspecified atom stereocenters. The largest absolute Gasteiger partial charge is 0.483 e. The van der Waals surface area contributed by atoms with Gasteiger partial charge < -0.3 is 30.5 Å². The van der Waals surface area contributed by atoms with Gasteiger partial charge in [-0.05, 0) is 67.1 Å². The molecule has 1 aliphatic rings. The van der Waals surface area contributed by atoms with Crippen molar-refractivity contribution in [1.29, 1.82) is 0 Å². The number of aryl methyl sites for hydroxylation is 3. The highest BCUT2D eigenvalue weighted by molar-refractivity contribution is 7.99. The standard InChI is InChI=1S/C33H37N3O7S/c1-20-9-7-8-12-24(20)16-34-31(39)27-18-44-19-36(27)32(40)29(38)26(15-23-10-5-4-6-11-23)35-28(37)17-43-30-21(2)13-25(33(41)42)14-22(30)3/h4-14,26-27,29,38H,15-19H2,1-3H3,(H,34,39)(H,35,37)(H,41,42)/t26-,27-,29-/m0/s1. The number of carbonyl (C=O) groups is 4. The van der Waals surface area contributed by atoms with E-state index in [9.17, 15) is 29.4 Å². The van der Waals surface area contributed by atoms with Crippen molar-refractivity contribution in [2.24, 2.45) is 0 Å². The third kappa shape index (κ3) is 8.18. The normalized spacial score (nSPS) is 15.7. The molecular weight excluding hydrogens is 582 g/mol. The Kier molecular flexibility index (Phi) is 11.0. The zero-order chi connectivity index (χ0) is 31.8. The number of thioether (sulfide) groups is 1. The lowest BCUT2D eigenvalue weighted by molar-refractivity contribution is -0.146. The van der Waals surface area contributed by atoms with Crippen molar-refractivity contribution in [3.05, 3.63) is 100 Å². The van der Waals surface area contributed by atoms with Gasteiger partial charge in [0.25, 0.3) is 11.8 Å². The third-order valence-corrected chi connectivity index (χ3v) is 8.53. The first kappa shape index (κ1) is 32.6. The van der Waals surface area contributed by atoms with Gasteiger partial charge in [-0.2, -0.15) is 0 Å². The van der Waals surface area contributed by atoms with E-state index in [0.29, 0.717) is 29.2 Å². The molecule has 0 spiro atoms. The first-order chi connectivity index (χ1) is 21.0. The summed E-state index contributed by atoms with van der Waals surface area (Å²) in [5, 5.41) is 26.2. The lowest BCUT2D eigenvalue weighted by Gasteiger charge is -2.30. The summed E-state index contributed by atoms with van der Waals surface area (Å²) in [4.78, 5) is 52.5. The molecule has 232 valence electrons. The number of carbonyl (C=O) groups excluding carboxylic acids is 3. The van der Waals surface area contributed by atoms with E-state index in [1.54, 1.807) is 13.8 Å². The number of nitrogens with one attached hydrogen (secondary N) is 2. The summed E-state index contributed by atoms with van der Waals surface area (Å²) < 4.78 is 5.74. The molecular formula is C33H37N3O7S. The maximum atomic E-state index is 13.6. The van der Waals surface area contributed by atoms with E-state index in [1.165, 1.54) is 28.8 Å². The maximum Gasteiger partial charge on any atom is 0.335 e. The zero-order valence-electron chi connectivity index (χ0n) is 24.9. The van der Waals surface area contributed by atoms with Gasteiger partial charge in [0.1, 0.15) is 11.8 Å². The van der Waals surface area contributed by atoms with E-state index in [-0.39, 0.29) is 23.8 Å². The molecule has 3 aromatic carbocycles. The first-order valence-electron chi connectivity index (χ1n) is 14.2. The van der Waals surface area contributed by atoms with Crippen molar-refractivity contribution >= 4 is 35.5 Å². The second-order valence-electron chi connectivity index (χ2n) is 10.8. The third-order valence-electron chi connectivity index (χ3n) is 7.52. The molecule has 1 fully saturated rings. The van der Waals surface area contributed by atoms with Crippen LogP contribution >= 0.6 is 11.8 Å². The summed E-state index contributed by atoms with van der Waals surface area (Å²) in [7, 11) is 0. The van der Waals surface area contributed by atoms with Crippen LogP contribution < -0.4 is 15.4 Å². The number of rotatable bonds is 12. The van der Waals surface area contributed by atoms with E-state index in [0.717, 1.165) is 16.7 Å². The highest BCUT2D eigenvalue weighted by Crippen LogP contribution is 2.26. The fraction of sp³-hybridized carbons (Fsp3) is 0.333. The summed E-state index contributed by atoms with van der Waals surface area (Å²) in [6, 6.07) is 18.0. The van der Waals surface area contributed by atoms with E-state index >= 15 is 0 Å². The smallest absolute Gasteiger partial charge is 0.335 e. The van der Waals surface area contributed by atoms with Gasteiger partial charge in [0, 0.05) is 12.3 Å². The topological polar surface area (TPSA) is 145 Å². The predicted octanol–water partition coefficient (Wildman–Crippen LogP) is 3.00. The zero-order valence-corrected chi connectivity index (χ0v) is 25.7. The summed E-state index contributed by atoms with van der Waals surface area (Å²) in [6.45, 7) is 5.25. The van der Waals surface area contributed by atoms with Gasteiger partial charge in [0.2, 0.25) is 5.91 Å². The molecule has 3 atom stereocenters. The quantitative estimate of drug-likeness (QED) is 0.242. The van der Waals surface area contributed by atoms with Crippen LogP contribution in [-0.4, -0.2) is 75.2 Å². The SMILES string of the molecule is Cc1ccccc1CNC(=O)[C@@H]1CSCN1C(=O)[C@@H](O)[C@H](Cc1ccccc1)NC(=O)COc1c(C)cc(C(=O)O)cc1C. The Morgan fingerprint density at radius 3 is 2.30 bits per heavy atom. The van der Waals surface area contributed by atoms with Crippen LogP contribution in [0.1, 0.15) is 38.2 Å². The second-order valence-corrected chi connectivity index (χ2v) is 11.8. The lowest BCUT2D eigenvalue weighted by Crippen LogP contribution is -2.56. The number of nitrogens with zero attached hydrogens (tertiary/aromatic N) is 1. The van der Waals surface area contributed by atoms with Crippen LogP contribution in [0.2, 0.25) is 0 Å². The van der Waals surface area contributed by atoms with Gasteiger partial charge in [-0.3, -0.25) is 14.4 Å². The Hall–Kier alpha value is -4.35. The Labute approximate surface area is 260 Å². The number of aromatic carboxylic acids is 1. The fourth-order valence-corrected chi connectivity index (χ4v) is 6.29. The first-order valence-corrected chi connectivity index (χ1v) is 15.4. The summed E-state index contributed by atoms with van der Waals surface area (Å²) in [5.74, 6) is -1.58. The molecule has 3 amide bonds. The number of ether oxygens (including phenoxy) is 1. The van der Waals surface area contributed by atoms with E-state index in [4.69, 9.17) is 4.74 Å². The molecule has 3 aromatic rings. The van der Waals surface area contributed by atoms with Crippen molar-refractivity contribution in [3.63, 3.8) is 0 Å². The molecule has 0 radical (unpaired) electrons. The molecule has 1 heterocycles. The molecule has 11 heteroatoms. The van der Waals surface area contributed by atoms with Gasteiger partial charge in [0.15, 0.2) is 12.7 Å². The van der Waals surface area contributed by atoms with Crippen LogP contribution in [0.3, 0.4) is 0 Å². The number of carboxylic acids is 1. The lowest BCUT2D eigenvalue weighted by atomic mass is 9.99. The number of hydrogen-bond acceptors (Lipinski definition) is 7. The molecule has 0 bridgehead atoms. The Balaban J connectivity index is 1.44. The number of aliphatic hydroxyl groups excluding tert-OH is 1. The average molecular weight is 620 g/mol. The van der Waals surface area contributed by atoms with Crippen LogP contribution in [0.15, 0.2) is 66.7 Å². The molecule has 0 saturated carbocycles. The molecule has 44 heavy (non-hydrogen) atoms. The molecule has 0 aliphatic carbocycles. The second kappa shape index (κ2) is 14.9. The van der Waals surface area contributed by atoms with Crippen LogP contribution in [0.25, 0.3) is 0 Å². The Morgan fingerprint density at radius 1 is 0.977 bits per heavy atom. The molecule has 0 aromatic heterocycles. The minimum atomic E-state index is -1.62. The van der Waals surface area contributed by atoms with Crippen LogP contribution in [0.5, 0.6) is 5.75 Å². The highest BCUT2D eigenvalue weighted by atomic mass is 32.2. The molecule has 10 nitrogen and oxygen atoms in total. The van der Waals surface area contributed by atoms with E-state index < -0.39 is 42.6 Å². The number of benzene rings is 3. The number of carboxylic acid groups (broad SMARTS) is 1. The summed E-state index contributed by atoms with van der Waals surface area (Å²) >= 11 is 1.42. The van der Waals surface area contributed by atoms with Crippen LogP contribution in [-0.2, 0) is 27.3 Å². The maximum absolute atomic E-state index is 13.6. The summed E-state index contributed by atoms with van der Waals surface area (Å²) in [5.41, 5.74) is 4.05. The number of aliphatic hydroxyl groups is 1. The number of hydrogen-bond donors (Lipinski definition) is 4. The van der Waals surface area contributed by atoms with Crippen molar-refractivity contribution in [3.8, 4) is 5.75 Å². The minimum absolute atomic E-state index is 0.114. The van der Waals surface area contributed by atoms with E-state index in [1.807, 2.05) is 61.5 Å². The van der Waals surface area contributed by atoms with Crippen LogP contribution in [0, 0.1) is 20.8 Å². The average Bonchev–Trinajstić information content (AvgIpc) is 3.50. The minimum Gasteiger partial charge on any atom is -0.483 e.